The van der Waals surface area contributed by atoms with Gasteiger partial charge < -0.3 is 15.4 Å². The average Bonchev–Trinajstić information content (AvgIpc) is 2.30. The minimum Gasteiger partial charge on any atom is -0.380 e. The minimum atomic E-state index is 0. The molecule has 0 atom stereocenters. The molecule has 0 saturated heterocycles. The molecular formula is C14H32IN3O. The van der Waals surface area contributed by atoms with Gasteiger partial charge in [-0.2, -0.15) is 0 Å². The van der Waals surface area contributed by atoms with Crippen molar-refractivity contribution in [2.45, 2.75) is 47.0 Å². The summed E-state index contributed by atoms with van der Waals surface area (Å²) in [7, 11) is 1.80. The molecule has 4 nitrogen and oxygen atoms in total. The van der Waals surface area contributed by atoms with Gasteiger partial charge in [-0.25, -0.2) is 0 Å². The average molecular weight is 385 g/mol. The second kappa shape index (κ2) is 13.0. The van der Waals surface area contributed by atoms with E-state index in [1.165, 1.54) is 19.3 Å². The highest BCUT2D eigenvalue weighted by molar-refractivity contribution is 14.0. The van der Waals surface area contributed by atoms with E-state index >= 15 is 0 Å². The number of guanidine groups is 1. The van der Waals surface area contributed by atoms with Gasteiger partial charge in [-0.05, 0) is 25.2 Å². The van der Waals surface area contributed by atoms with E-state index in [1.54, 1.807) is 7.05 Å². The molecule has 0 aliphatic rings. The highest BCUT2D eigenvalue weighted by Crippen LogP contribution is 2.20. The first-order valence-corrected chi connectivity index (χ1v) is 7.02. The standard InChI is InChI=1S/C14H31N3O.HI/c1-6-18-12-11-17-13(15-5)16-10-8-7-9-14(2,3)4;/h6-12H2,1-5H3,(H2,15,16,17);1H. The minimum absolute atomic E-state index is 0. The maximum Gasteiger partial charge on any atom is 0.191 e. The zero-order valence-electron chi connectivity index (χ0n) is 13.2. The first kappa shape index (κ1) is 21.3. The third-order valence-electron chi connectivity index (χ3n) is 2.61. The molecule has 0 aromatic heterocycles. The lowest BCUT2D eigenvalue weighted by Gasteiger charge is -2.18. The summed E-state index contributed by atoms with van der Waals surface area (Å²) in [5.41, 5.74) is 0.442. The van der Waals surface area contributed by atoms with Crippen LogP contribution in [0, 0.1) is 5.41 Å². The first-order chi connectivity index (χ1) is 8.49. The Morgan fingerprint density at radius 1 is 1.11 bits per heavy atom. The number of unbranched alkanes of at least 4 members (excludes halogenated alkanes) is 1. The van der Waals surface area contributed by atoms with Crippen LogP contribution < -0.4 is 10.6 Å². The Morgan fingerprint density at radius 2 is 1.74 bits per heavy atom. The van der Waals surface area contributed by atoms with E-state index in [0.29, 0.717) is 5.41 Å². The lowest BCUT2D eigenvalue weighted by atomic mass is 9.90. The Balaban J connectivity index is 0. The van der Waals surface area contributed by atoms with Gasteiger partial charge >= 0.3 is 0 Å². The van der Waals surface area contributed by atoms with Gasteiger partial charge in [-0.15, -0.1) is 24.0 Å². The zero-order valence-corrected chi connectivity index (χ0v) is 15.5. The fourth-order valence-corrected chi connectivity index (χ4v) is 1.59. The molecule has 0 fully saturated rings. The Bertz CT molecular complexity index is 227. The van der Waals surface area contributed by atoms with Crippen molar-refractivity contribution in [3.8, 4) is 0 Å². The van der Waals surface area contributed by atoms with Crippen LogP contribution in [0.4, 0.5) is 0 Å². The molecule has 2 N–H and O–H groups in total. The lowest BCUT2D eigenvalue weighted by molar-refractivity contribution is 0.152. The third kappa shape index (κ3) is 15.9. The van der Waals surface area contributed by atoms with Crippen LogP contribution in [0.2, 0.25) is 0 Å². The maximum atomic E-state index is 5.26. The second-order valence-electron chi connectivity index (χ2n) is 5.64. The fourth-order valence-electron chi connectivity index (χ4n) is 1.59. The van der Waals surface area contributed by atoms with Crippen molar-refractivity contribution < 1.29 is 4.74 Å². The van der Waals surface area contributed by atoms with Crippen molar-refractivity contribution in [2.24, 2.45) is 10.4 Å². The molecule has 5 heteroatoms. The van der Waals surface area contributed by atoms with Gasteiger partial charge in [-0.3, -0.25) is 4.99 Å². The Hall–Kier alpha value is -0.0400. The SMILES string of the molecule is CCOCCNC(=NC)NCCCCC(C)(C)C.I. The van der Waals surface area contributed by atoms with E-state index in [0.717, 1.165) is 32.3 Å². The van der Waals surface area contributed by atoms with Gasteiger partial charge in [0.1, 0.15) is 0 Å². The van der Waals surface area contributed by atoms with Crippen LogP contribution in [-0.2, 0) is 4.74 Å². The molecule has 0 saturated carbocycles. The normalized spacial score (nSPS) is 11.9. The summed E-state index contributed by atoms with van der Waals surface area (Å²) in [5.74, 6) is 0.866. The van der Waals surface area contributed by atoms with Crippen LogP contribution in [0.3, 0.4) is 0 Å². The van der Waals surface area contributed by atoms with Crippen molar-refractivity contribution in [1.82, 2.24) is 10.6 Å². The topological polar surface area (TPSA) is 45.6 Å². The molecule has 0 radical (unpaired) electrons. The maximum absolute atomic E-state index is 5.26. The molecule has 0 rings (SSSR count). The number of hydrogen-bond acceptors (Lipinski definition) is 2. The Morgan fingerprint density at radius 3 is 2.26 bits per heavy atom. The van der Waals surface area contributed by atoms with Gasteiger partial charge in [0.25, 0.3) is 0 Å². The Kier molecular flexibility index (Phi) is 14.5. The first-order valence-electron chi connectivity index (χ1n) is 7.02. The zero-order chi connectivity index (χ0) is 13.9. The molecule has 0 aromatic rings. The number of ether oxygens (including phenoxy) is 1. The molecule has 0 aliphatic heterocycles. The lowest BCUT2D eigenvalue weighted by Crippen LogP contribution is -2.39. The summed E-state index contributed by atoms with van der Waals surface area (Å²) < 4.78 is 5.26. The summed E-state index contributed by atoms with van der Waals surface area (Å²) in [6.45, 7) is 12.1. The van der Waals surface area contributed by atoms with Crippen LogP contribution >= 0.6 is 24.0 Å². The van der Waals surface area contributed by atoms with Crippen molar-refractivity contribution in [3.63, 3.8) is 0 Å². The van der Waals surface area contributed by atoms with Crippen LogP contribution in [-0.4, -0.2) is 39.3 Å². The summed E-state index contributed by atoms with van der Waals surface area (Å²) in [6, 6.07) is 0. The highest BCUT2D eigenvalue weighted by atomic mass is 127. The summed E-state index contributed by atoms with van der Waals surface area (Å²) >= 11 is 0. The Labute approximate surface area is 136 Å². The van der Waals surface area contributed by atoms with Crippen molar-refractivity contribution in [1.29, 1.82) is 0 Å². The van der Waals surface area contributed by atoms with Gasteiger partial charge in [0.05, 0.1) is 6.61 Å². The molecule has 116 valence electrons. The van der Waals surface area contributed by atoms with Crippen LogP contribution in [0.15, 0.2) is 4.99 Å². The van der Waals surface area contributed by atoms with E-state index in [9.17, 15) is 0 Å². The van der Waals surface area contributed by atoms with Gasteiger partial charge in [0.2, 0.25) is 0 Å². The van der Waals surface area contributed by atoms with E-state index < -0.39 is 0 Å². The van der Waals surface area contributed by atoms with Gasteiger partial charge in [-0.1, -0.05) is 27.2 Å². The molecule has 0 amide bonds. The molecule has 0 bridgehead atoms. The summed E-state index contributed by atoms with van der Waals surface area (Å²) in [5, 5.41) is 6.54. The molecule has 19 heavy (non-hydrogen) atoms. The smallest absolute Gasteiger partial charge is 0.191 e. The second-order valence-corrected chi connectivity index (χ2v) is 5.64. The quantitative estimate of drug-likeness (QED) is 0.292. The molecule has 0 aliphatic carbocycles. The summed E-state index contributed by atoms with van der Waals surface area (Å²) in [6.07, 6.45) is 3.71. The van der Waals surface area contributed by atoms with E-state index in [2.05, 4.69) is 36.4 Å². The highest BCUT2D eigenvalue weighted by Gasteiger charge is 2.08. The van der Waals surface area contributed by atoms with Crippen LogP contribution in [0.25, 0.3) is 0 Å². The van der Waals surface area contributed by atoms with E-state index in [-0.39, 0.29) is 24.0 Å². The van der Waals surface area contributed by atoms with Crippen molar-refractivity contribution >= 4 is 29.9 Å². The van der Waals surface area contributed by atoms with Gasteiger partial charge in [0.15, 0.2) is 5.96 Å². The number of nitrogens with zero attached hydrogens (tertiary/aromatic N) is 1. The molecule has 0 aromatic carbocycles. The molecule has 0 unspecified atom stereocenters. The predicted octanol–water partition coefficient (Wildman–Crippen LogP) is 3.02. The van der Waals surface area contributed by atoms with Crippen molar-refractivity contribution in [2.75, 3.05) is 33.4 Å². The molecular weight excluding hydrogens is 353 g/mol. The fraction of sp³-hybridized carbons (Fsp3) is 0.929. The third-order valence-corrected chi connectivity index (χ3v) is 2.61. The number of hydrogen-bond donors (Lipinski definition) is 2. The molecule has 0 spiro atoms. The largest absolute Gasteiger partial charge is 0.380 e. The number of halogens is 1. The molecule has 0 heterocycles. The number of rotatable bonds is 8. The van der Waals surface area contributed by atoms with Crippen molar-refractivity contribution in [3.05, 3.63) is 0 Å². The monoisotopic (exact) mass is 385 g/mol. The van der Waals surface area contributed by atoms with Crippen LogP contribution in [0.1, 0.15) is 47.0 Å². The van der Waals surface area contributed by atoms with E-state index in [1.807, 2.05) is 6.92 Å². The van der Waals surface area contributed by atoms with Crippen LogP contribution in [0.5, 0.6) is 0 Å². The number of aliphatic imine (C=N–C) groups is 1. The summed E-state index contributed by atoms with van der Waals surface area (Å²) in [4.78, 5) is 4.17. The van der Waals surface area contributed by atoms with E-state index in [4.69, 9.17) is 4.74 Å². The number of nitrogens with one attached hydrogen (secondary N) is 2. The predicted molar refractivity (Wildman–Crippen MR) is 94.6 cm³/mol. The van der Waals surface area contributed by atoms with Gasteiger partial charge in [0, 0.05) is 26.7 Å².